The van der Waals surface area contributed by atoms with Gasteiger partial charge in [0.25, 0.3) is 5.91 Å². The molecular weight excluding hydrogens is 612 g/mol. The van der Waals surface area contributed by atoms with E-state index >= 15 is 0 Å². The molecule has 11 nitrogen and oxygen atoms in total. The Morgan fingerprint density at radius 2 is 1.71 bits per heavy atom. The molecule has 1 aliphatic rings. The molecule has 4 N–H and O–H groups in total. The molecule has 0 radical (unpaired) electrons. The molecule has 48 heavy (non-hydrogen) atoms. The highest BCUT2D eigenvalue weighted by Crippen LogP contribution is 2.29. The average molecular weight is 661 g/mol. The Balaban J connectivity index is 1.57. The van der Waals surface area contributed by atoms with Crippen molar-refractivity contribution in [1.82, 2.24) is 9.80 Å². The molecule has 0 saturated carbocycles. The fourth-order valence-corrected chi connectivity index (χ4v) is 5.71. The number of hydrogen-bond acceptors (Lipinski definition) is 7. The maximum absolute atomic E-state index is 14.3. The van der Waals surface area contributed by atoms with Crippen molar-refractivity contribution in [3.63, 3.8) is 0 Å². The van der Waals surface area contributed by atoms with Gasteiger partial charge in [-0.1, -0.05) is 37.3 Å². The van der Waals surface area contributed by atoms with Crippen molar-refractivity contribution >= 4 is 29.3 Å². The monoisotopic (exact) mass is 660 g/mol. The van der Waals surface area contributed by atoms with Gasteiger partial charge >= 0.3 is 12.0 Å². The third kappa shape index (κ3) is 10.5. The number of urea groups is 1. The van der Waals surface area contributed by atoms with E-state index in [1.54, 1.807) is 54.3 Å². The second-order valence-electron chi connectivity index (χ2n) is 12.7. The Labute approximate surface area is 282 Å². The summed E-state index contributed by atoms with van der Waals surface area (Å²) in [7, 11) is 1.99. The number of nitrogens with one attached hydrogen (secondary N) is 2. The Hall–Kier alpha value is -4.45. The number of aliphatic hydroxyl groups is 1. The lowest BCUT2D eigenvalue weighted by Gasteiger charge is -2.36. The third-order valence-corrected chi connectivity index (χ3v) is 8.49. The summed E-state index contributed by atoms with van der Waals surface area (Å²) in [6.07, 6.45) is 2.10. The summed E-state index contributed by atoms with van der Waals surface area (Å²) in [6.45, 7) is 7.63. The Morgan fingerprint density at radius 1 is 1.00 bits per heavy atom. The Kier molecular flexibility index (Phi) is 13.4. The first kappa shape index (κ1) is 36.4. The number of aromatic carboxylic acids is 1. The van der Waals surface area contributed by atoms with Crippen molar-refractivity contribution in [3.8, 4) is 5.75 Å². The Bertz CT molecular complexity index is 1500. The molecule has 0 aromatic heterocycles. The van der Waals surface area contributed by atoms with Crippen molar-refractivity contribution in [3.05, 3.63) is 89.5 Å². The molecule has 258 valence electrons. The number of likely N-dealkylation sites (N-methyl/N-ethyl adjacent to an activating group) is 1. The topological polar surface area (TPSA) is 141 Å². The lowest BCUT2D eigenvalue weighted by molar-refractivity contribution is -0.0177. The zero-order chi connectivity index (χ0) is 34.6. The van der Waals surface area contributed by atoms with Gasteiger partial charge < -0.3 is 35.2 Å². The van der Waals surface area contributed by atoms with Gasteiger partial charge in [-0.3, -0.25) is 9.69 Å². The fourth-order valence-electron chi connectivity index (χ4n) is 5.71. The number of anilines is 2. The largest absolute Gasteiger partial charge is 0.490 e. The number of carboxylic acids is 1. The number of hydrogen-bond donors (Lipinski definition) is 4. The second-order valence-corrected chi connectivity index (χ2v) is 12.7. The molecule has 1 heterocycles. The van der Waals surface area contributed by atoms with Crippen LogP contribution >= 0.6 is 0 Å². The maximum Gasteiger partial charge on any atom is 0.335 e. The van der Waals surface area contributed by atoms with Gasteiger partial charge in [0.1, 0.15) is 5.75 Å². The summed E-state index contributed by atoms with van der Waals surface area (Å²) in [6, 6.07) is 20.0. The predicted octanol–water partition coefficient (Wildman–Crippen LogP) is 5.96. The van der Waals surface area contributed by atoms with Crippen LogP contribution in [0, 0.1) is 5.92 Å². The van der Waals surface area contributed by atoms with E-state index in [1.807, 2.05) is 51.2 Å². The van der Waals surface area contributed by atoms with Gasteiger partial charge in [0, 0.05) is 43.5 Å². The number of ether oxygens (including phenoxy) is 2. The van der Waals surface area contributed by atoms with Crippen LogP contribution in [0.2, 0.25) is 0 Å². The standard InChI is InChI=1S/C37H48N4O7/c1-25-21-41(26(2)24-42)35(43)32-20-31(39-37(46)38-30-11-6-5-7-12-30)17-18-33(32)48-27(3)10-8-9-19-47-34(25)23-40(4)22-28-13-15-29(16-14-28)36(44)45/h5-7,11-18,20,25-27,34,42H,8-10,19,21-24H2,1-4H3,(H,44,45)(H2,38,39,46)/t25-,26+,27+,34+/m0/s1. The molecule has 3 aromatic carbocycles. The highest BCUT2D eigenvalue weighted by atomic mass is 16.5. The van der Waals surface area contributed by atoms with Crippen LogP contribution in [0.15, 0.2) is 72.8 Å². The number of benzene rings is 3. The first-order valence-electron chi connectivity index (χ1n) is 16.5. The van der Waals surface area contributed by atoms with E-state index in [2.05, 4.69) is 15.5 Å². The van der Waals surface area contributed by atoms with E-state index in [4.69, 9.17) is 9.47 Å². The minimum Gasteiger partial charge on any atom is -0.490 e. The number of para-hydroxylation sites is 1. The summed E-state index contributed by atoms with van der Waals surface area (Å²) >= 11 is 0. The van der Waals surface area contributed by atoms with Gasteiger partial charge in [-0.25, -0.2) is 9.59 Å². The quantitative estimate of drug-likeness (QED) is 0.221. The molecule has 1 aliphatic heterocycles. The molecule has 0 bridgehead atoms. The van der Waals surface area contributed by atoms with E-state index in [1.165, 1.54) is 0 Å². The Morgan fingerprint density at radius 3 is 2.40 bits per heavy atom. The number of carboxylic acid groups (broad SMARTS) is 1. The molecule has 3 aromatic rings. The number of aliphatic hydroxyl groups excluding tert-OH is 1. The first-order valence-corrected chi connectivity index (χ1v) is 16.5. The SMILES string of the molecule is C[C@@H]1CCCCO[C@H](CN(C)Cc2ccc(C(=O)O)cc2)[C@@H](C)CN([C@H](C)CO)C(=O)c2cc(NC(=O)Nc3ccccc3)ccc2O1. The molecule has 4 atom stereocenters. The van der Waals surface area contributed by atoms with Crippen molar-refractivity contribution in [1.29, 1.82) is 0 Å². The number of nitrogens with zero attached hydrogens (tertiary/aromatic N) is 2. The highest BCUT2D eigenvalue weighted by Gasteiger charge is 2.30. The van der Waals surface area contributed by atoms with E-state index < -0.39 is 18.0 Å². The average Bonchev–Trinajstić information content (AvgIpc) is 3.06. The minimum absolute atomic E-state index is 0.107. The smallest absolute Gasteiger partial charge is 0.335 e. The van der Waals surface area contributed by atoms with Gasteiger partial charge in [0.15, 0.2) is 0 Å². The van der Waals surface area contributed by atoms with E-state index in [-0.39, 0.29) is 36.2 Å². The first-order chi connectivity index (χ1) is 23.0. The van der Waals surface area contributed by atoms with Crippen molar-refractivity contribution in [2.75, 3.05) is 44.0 Å². The van der Waals surface area contributed by atoms with Crippen LogP contribution in [-0.4, -0.2) is 89.5 Å². The van der Waals surface area contributed by atoms with Gasteiger partial charge in [-0.05, 0) is 88.2 Å². The maximum atomic E-state index is 14.3. The third-order valence-electron chi connectivity index (χ3n) is 8.49. The molecule has 3 amide bonds. The fraction of sp³-hybridized carbons (Fsp3) is 0.432. The molecule has 0 fully saturated rings. The number of rotatable bonds is 9. The van der Waals surface area contributed by atoms with Gasteiger partial charge in [-0.2, -0.15) is 0 Å². The molecule has 0 saturated heterocycles. The summed E-state index contributed by atoms with van der Waals surface area (Å²) in [5.41, 5.74) is 2.58. The molecule has 11 heteroatoms. The van der Waals surface area contributed by atoms with Crippen molar-refractivity contribution < 1.29 is 34.1 Å². The zero-order valence-electron chi connectivity index (χ0n) is 28.2. The van der Waals surface area contributed by atoms with E-state index in [0.717, 1.165) is 24.8 Å². The van der Waals surface area contributed by atoms with Crippen LogP contribution < -0.4 is 15.4 Å². The molecule has 0 unspecified atom stereocenters. The molecule has 0 aliphatic carbocycles. The predicted molar refractivity (Wildman–Crippen MR) is 186 cm³/mol. The van der Waals surface area contributed by atoms with Crippen molar-refractivity contribution in [2.45, 2.75) is 64.8 Å². The lowest BCUT2D eigenvalue weighted by atomic mass is 10.0. The molecule has 4 rings (SSSR count). The number of fused-ring (bicyclic) bond motifs is 1. The van der Waals surface area contributed by atoms with Gasteiger partial charge in [0.05, 0.1) is 36.0 Å². The second kappa shape index (κ2) is 17.6. The number of amides is 3. The van der Waals surface area contributed by atoms with Gasteiger partial charge in [-0.15, -0.1) is 0 Å². The van der Waals surface area contributed by atoms with E-state index in [9.17, 15) is 24.6 Å². The van der Waals surface area contributed by atoms with Crippen LogP contribution in [0.1, 0.15) is 66.3 Å². The van der Waals surface area contributed by atoms with Crippen LogP contribution in [0.5, 0.6) is 5.75 Å². The van der Waals surface area contributed by atoms with Gasteiger partial charge in [0.2, 0.25) is 0 Å². The van der Waals surface area contributed by atoms with Crippen LogP contribution in [0.3, 0.4) is 0 Å². The summed E-state index contributed by atoms with van der Waals surface area (Å²) in [4.78, 5) is 42.2. The molecular formula is C37H48N4O7. The highest BCUT2D eigenvalue weighted by molar-refractivity contribution is 6.02. The van der Waals surface area contributed by atoms with Crippen LogP contribution in [-0.2, 0) is 11.3 Å². The lowest BCUT2D eigenvalue weighted by Crippen LogP contribution is -2.47. The number of carbonyl (C=O) groups excluding carboxylic acids is 2. The minimum atomic E-state index is -0.960. The zero-order valence-corrected chi connectivity index (χ0v) is 28.2. The summed E-state index contributed by atoms with van der Waals surface area (Å²) in [5, 5.41) is 25.1. The van der Waals surface area contributed by atoms with Crippen LogP contribution in [0.4, 0.5) is 16.2 Å². The summed E-state index contributed by atoms with van der Waals surface area (Å²) in [5.74, 6) is -0.968. The van der Waals surface area contributed by atoms with E-state index in [0.29, 0.717) is 48.9 Å². The molecule has 0 spiro atoms. The van der Waals surface area contributed by atoms with Crippen molar-refractivity contribution in [2.24, 2.45) is 5.92 Å². The van der Waals surface area contributed by atoms with Crippen LogP contribution in [0.25, 0.3) is 0 Å². The normalized spacial score (nSPS) is 19.8. The summed E-state index contributed by atoms with van der Waals surface area (Å²) < 4.78 is 12.7. The number of carbonyl (C=O) groups is 3.